The van der Waals surface area contributed by atoms with Crippen molar-refractivity contribution in [2.24, 2.45) is 0 Å². The first kappa shape index (κ1) is 21.0. The Bertz CT molecular complexity index is 1100. The van der Waals surface area contributed by atoms with Crippen molar-refractivity contribution in [3.05, 3.63) is 53.1 Å². The molecule has 0 bridgehead atoms. The summed E-state index contributed by atoms with van der Waals surface area (Å²) >= 11 is 0. The molecule has 0 saturated carbocycles. The Morgan fingerprint density at radius 2 is 2.19 bits per heavy atom. The van der Waals surface area contributed by atoms with E-state index < -0.39 is 0 Å². The first-order chi connectivity index (χ1) is 15.1. The van der Waals surface area contributed by atoms with Gasteiger partial charge in [-0.1, -0.05) is 23.4 Å². The highest BCUT2D eigenvalue weighted by Gasteiger charge is 2.24. The van der Waals surface area contributed by atoms with E-state index in [0.29, 0.717) is 35.1 Å². The summed E-state index contributed by atoms with van der Waals surface area (Å²) in [7, 11) is 0. The minimum atomic E-state index is -0.0205. The van der Waals surface area contributed by atoms with Crippen LogP contribution in [0.15, 0.2) is 40.9 Å². The summed E-state index contributed by atoms with van der Waals surface area (Å²) in [6.45, 7) is 4.53. The normalized spacial score (nSPS) is 15.5. The number of hydrogen-bond donors (Lipinski definition) is 2. The molecule has 0 spiro atoms. The second kappa shape index (κ2) is 9.29. The van der Waals surface area contributed by atoms with Crippen molar-refractivity contribution in [1.82, 2.24) is 15.5 Å². The van der Waals surface area contributed by atoms with E-state index in [2.05, 4.69) is 27.6 Å². The summed E-state index contributed by atoms with van der Waals surface area (Å²) in [5.74, 6) is 1.45. The Morgan fingerprint density at radius 3 is 2.97 bits per heavy atom. The zero-order chi connectivity index (χ0) is 21.8. The average Bonchev–Trinajstić information content (AvgIpc) is 3.27. The number of hydrogen-bond acceptors (Lipinski definition) is 7. The Morgan fingerprint density at radius 1 is 1.32 bits per heavy atom. The maximum Gasteiger partial charge on any atom is 0.258 e. The van der Waals surface area contributed by atoms with Gasteiger partial charge in [0.25, 0.3) is 5.89 Å². The molecule has 2 N–H and O–H groups in total. The van der Waals surface area contributed by atoms with Crippen molar-refractivity contribution in [3.8, 4) is 34.7 Å². The minimum absolute atomic E-state index is 0.0205. The van der Waals surface area contributed by atoms with E-state index in [9.17, 15) is 5.26 Å². The van der Waals surface area contributed by atoms with Crippen LogP contribution in [0, 0.1) is 11.3 Å². The van der Waals surface area contributed by atoms with Gasteiger partial charge in [0.1, 0.15) is 11.8 Å². The summed E-state index contributed by atoms with van der Waals surface area (Å²) in [5.41, 5.74) is 4.52. The molecule has 7 nitrogen and oxygen atoms in total. The van der Waals surface area contributed by atoms with Gasteiger partial charge < -0.3 is 19.7 Å². The third kappa shape index (κ3) is 4.46. The fourth-order valence-corrected chi connectivity index (χ4v) is 4.07. The molecule has 0 saturated heterocycles. The SMILES string of the molecule is CC(C)Oc1ccc(-c2nc(-c3cccc4c3CCCC4NCCO)no2)cc1C#N. The maximum absolute atomic E-state index is 9.49. The molecule has 1 aromatic heterocycles. The quantitative estimate of drug-likeness (QED) is 0.597. The van der Waals surface area contributed by atoms with Crippen LogP contribution in [0.3, 0.4) is 0 Å². The average molecular weight is 418 g/mol. The lowest BCUT2D eigenvalue weighted by molar-refractivity contribution is 0.241. The van der Waals surface area contributed by atoms with Crippen LogP contribution in [-0.2, 0) is 6.42 Å². The van der Waals surface area contributed by atoms with Gasteiger partial charge in [0.2, 0.25) is 5.82 Å². The Kier molecular flexibility index (Phi) is 6.31. The molecule has 3 aromatic rings. The summed E-state index contributed by atoms with van der Waals surface area (Å²) < 4.78 is 11.2. The lowest BCUT2D eigenvalue weighted by atomic mass is 9.84. The number of benzene rings is 2. The lowest BCUT2D eigenvalue weighted by Crippen LogP contribution is -2.27. The molecule has 0 fully saturated rings. The molecule has 1 aliphatic carbocycles. The maximum atomic E-state index is 9.49. The van der Waals surface area contributed by atoms with E-state index in [1.54, 1.807) is 12.1 Å². The fourth-order valence-electron chi connectivity index (χ4n) is 4.07. The van der Waals surface area contributed by atoms with Gasteiger partial charge in [-0.25, -0.2) is 0 Å². The van der Waals surface area contributed by atoms with Crippen molar-refractivity contribution in [2.45, 2.75) is 45.3 Å². The van der Waals surface area contributed by atoms with Gasteiger partial charge in [-0.15, -0.1) is 0 Å². The van der Waals surface area contributed by atoms with Crippen molar-refractivity contribution in [2.75, 3.05) is 13.2 Å². The van der Waals surface area contributed by atoms with E-state index in [1.807, 2.05) is 32.0 Å². The highest BCUT2D eigenvalue weighted by atomic mass is 16.5. The molecule has 1 atom stereocenters. The molecule has 1 aliphatic rings. The fraction of sp³-hybridized carbons (Fsp3) is 0.375. The zero-order valence-corrected chi connectivity index (χ0v) is 17.8. The molecule has 1 heterocycles. The van der Waals surface area contributed by atoms with Gasteiger partial charge in [0, 0.05) is 23.7 Å². The highest BCUT2D eigenvalue weighted by molar-refractivity contribution is 5.66. The van der Waals surface area contributed by atoms with Gasteiger partial charge in [-0.05, 0) is 62.4 Å². The second-order valence-corrected chi connectivity index (χ2v) is 7.91. The third-order valence-electron chi connectivity index (χ3n) is 5.39. The summed E-state index contributed by atoms with van der Waals surface area (Å²) in [5, 5.41) is 26.3. The minimum Gasteiger partial charge on any atom is -0.490 e. The number of fused-ring (bicyclic) bond motifs is 1. The number of nitrogens with one attached hydrogen (secondary N) is 1. The van der Waals surface area contributed by atoms with E-state index in [0.717, 1.165) is 24.8 Å². The van der Waals surface area contributed by atoms with Crippen LogP contribution < -0.4 is 10.1 Å². The molecule has 0 amide bonds. The molecule has 1 unspecified atom stereocenters. The number of ether oxygens (including phenoxy) is 1. The van der Waals surface area contributed by atoms with Crippen LogP contribution in [0.2, 0.25) is 0 Å². The Balaban J connectivity index is 1.65. The standard InChI is InChI=1S/C24H26N4O3/c1-15(2)30-22-10-9-16(13-17(22)14-25)24-27-23(28-31-24)20-7-3-6-19-18(20)5-4-8-21(19)26-11-12-29/h3,6-7,9-10,13,15,21,26,29H,4-5,8,11-12H2,1-2H3. The Hall–Kier alpha value is -3.21. The van der Waals surface area contributed by atoms with Gasteiger partial charge >= 0.3 is 0 Å². The number of nitrogens with zero attached hydrogens (tertiary/aromatic N) is 3. The van der Waals surface area contributed by atoms with E-state index in [4.69, 9.17) is 14.4 Å². The lowest BCUT2D eigenvalue weighted by Gasteiger charge is -2.27. The highest BCUT2D eigenvalue weighted by Crippen LogP contribution is 2.36. The van der Waals surface area contributed by atoms with Gasteiger partial charge in [0.05, 0.1) is 18.3 Å². The first-order valence-electron chi connectivity index (χ1n) is 10.6. The molecule has 0 radical (unpaired) electrons. The smallest absolute Gasteiger partial charge is 0.258 e. The van der Waals surface area contributed by atoms with Crippen LogP contribution >= 0.6 is 0 Å². The molecule has 2 aromatic carbocycles. The molecular weight excluding hydrogens is 392 g/mol. The molecule has 0 aliphatic heterocycles. The predicted molar refractivity (Wildman–Crippen MR) is 116 cm³/mol. The van der Waals surface area contributed by atoms with E-state index in [-0.39, 0.29) is 18.8 Å². The van der Waals surface area contributed by atoms with Crippen molar-refractivity contribution >= 4 is 0 Å². The van der Waals surface area contributed by atoms with Gasteiger partial charge in [0.15, 0.2) is 0 Å². The number of rotatable bonds is 7. The first-order valence-corrected chi connectivity index (χ1v) is 10.6. The molecule has 160 valence electrons. The molecule has 31 heavy (non-hydrogen) atoms. The number of aliphatic hydroxyl groups is 1. The second-order valence-electron chi connectivity index (χ2n) is 7.91. The van der Waals surface area contributed by atoms with Crippen molar-refractivity contribution in [1.29, 1.82) is 5.26 Å². The van der Waals surface area contributed by atoms with Gasteiger partial charge in [-0.3, -0.25) is 0 Å². The predicted octanol–water partition coefficient (Wildman–Crippen LogP) is 4.02. The number of aromatic nitrogens is 2. The van der Waals surface area contributed by atoms with E-state index >= 15 is 0 Å². The molecular formula is C24H26N4O3. The number of nitriles is 1. The number of aliphatic hydroxyl groups excluding tert-OH is 1. The topological polar surface area (TPSA) is 104 Å². The molecule has 4 rings (SSSR count). The largest absolute Gasteiger partial charge is 0.490 e. The van der Waals surface area contributed by atoms with E-state index in [1.165, 1.54) is 11.1 Å². The Labute approximate surface area is 181 Å². The van der Waals surface area contributed by atoms with Gasteiger partial charge in [-0.2, -0.15) is 10.2 Å². The van der Waals surface area contributed by atoms with Crippen LogP contribution in [0.4, 0.5) is 0 Å². The van der Waals surface area contributed by atoms with Crippen molar-refractivity contribution < 1.29 is 14.4 Å². The molecule has 7 heteroatoms. The van der Waals surface area contributed by atoms with Crippen LogP contribution in [0.5, 0.6) is 5.75 Å². The van der Waals surface area contributed by atoms with Crippen LogP contribution in [0.1, 0.15) is 49.4 Å². The van der Waals surface area contributed by atoms with Crippen LogP contribution in [-0.4, -0.2) is 34.5 Å². The zero-order valence-electron chi connectivity index (χ0n) is 17.8. The summed E-state index contributed by atoms with van der Waals surface area (Å²) in [6, 6.07) is 13.8. The summed E-state index contributed by atoms with van der Waals surface area (Å²) in [4.78, 5) is 4.62. The third-order valence-corrected chi connectivity index (χ3v) is 5.39. The van der Waals surface area contributed by atoms with Crippen LogP contribution in [0.25, 0.3) is 22.8 Å². The van der Waals surface area contributed by atoms with Crippen molar-refractivity contribution in [3.63, 3.8) is 0 Å². The monoisotopic (exact) mass is 418 g/mol. The summed E-state index contributed by atoms with van der Waals surface area (Å²) in [6.07, 6.45) is 3.02.